The van der Waals surface area contributed by atoms with Gasteiger partial charge in [0.05, 0.1) is 0 Å². The molecule has 1 aliphatic carbocycles. The van der Waals surface area contributed by atoms with E-state index in [1.54, 1.807) is 7.11 Å². The van der Waals surface area contributed by atoms with Crippen molar-refractivity contribution < 1.29 is 14.3 Å². The van der Waals surface area contributed by atoms with Crippen molar-refractivity contribution in [3.05, 3.63) is 71.8 Å². The Balaban J connectivity index is 1.99. The molecule has 0 aromatic heterocycles. The minimum atomic E-state index is -1.26. The summed E-state index contributed by atoms with van der Waals surface area (Å²) in [6, 6.07) is 19.3. The molecule has 0 saturated heterocycles. The van der Waals surface area contributed by atoms with E-state index in [1.807, 2.05) is 60.7 Å². The minimum Gasteiger partial charge on any atom is -0.459 e. The summed E-state index contributed by atoms with van der Waals surface area (Å²) in [5.41, 5.74) is 0.322. The molecule has 150 valence electrons. The second kappa shape index (κ2) is 8.91. The third-order valence-electron chi connectivity index (χ3n) is 6.17. The fourth-order valence-corrected chi connectivity index (χ4v) is 4.54. The number of hydrogen-bond donors (Lipinski definition) is 0. The van der Waals surface area contributed by atoms with Gasteiger partial charge in [0.25, 0.3) is 0 Å². The first-order valence-electron chi connectivity index (χ1n) is 10.4. The molecular weight excluding hydrogens is 348 g/mol. The number of rotatable bonds is 6. The van der Waals surface area contributed by atoms with Crippen molar-refractivity contribution in [3.8, 4) is 0 Å². The maximum Gasteiger partial charge on any atom is 0.348 e. The first-order valence-corrected chi connectivity index (χ1v) is 10.4. The van der Waals surface area contributed by atoms with Gasteiger partial charge in [-0.3, -0.25) is 0 Å². The van der Waals surface area contributed by atoms with Crippen molar-refractivity contribution in [3.63, 3.8) is 0 Å². The van der Waals surface area contributed by atoms with E-state index in [0.717, 1.165) is 24.0 Å². The Kier molecular flexibility index (Phi) is 6.56. The second-order valence-corrected chi connectivity index (χ2v) is 8.39. The van der Waals surface area contributed by atoms with Crippen LogP contribution in [0.1, 0.15) is 51.2 Å². The van der Waals surface area contributed by atoms with Gasteiger partial charge in [0, 0.05) is 7.11 Å². The molecular formula is C25H32O3. The van der Waals surface area contributed by atoms with E-state index < -0.39 is 5.60 Å². The van der Waals surface area contributed by atoms with E-state index in [4.69, 9.17) is 9.47 Å². The van der Waals surface area contributed by atoms with Crippen LogP contribution in [-0.4, -0.2) is 19.2 Å². The molecule has 28 heavy (non-hydrogen) atoms. The summed E-state index contributed by atoms with van der Waals surface area (Å²) in [7, 11) is 1.59. The van der Waals surface area contributed by atoms with Crippen LogP contribution in [0.15, 0.2) is 60.7 Å². The fraction of sp³-hybridized carbons (Fsp3) is 0.480. The first kappa shape index (κ1) is 20.6. The van der Waals surface area contributed by atoms with Crippen LogP contribution in [0, 0.1) is 17.8 Å². The molecule has 0 amide bonds. The number of methoxy groups -OCH3 is 1. The average molecular weight is 381 g/mol. The van der Waals surface area contributed by atoms with Crippen molar-refractivity contribution >= 4 is 5.97 Å². The molecule has 3 rings (SSSR count). The van der Waals surface area contributed by atoms with Gasteiger partial charge in [-0.25, -0.2) is 4.79 Å². The van der Waals surface area contributed by atoms with Gasteiger partial charge >= 0.3 is 5.97 Å². The normalized spacial score (nSPS) is 22.8. The topological polar surface area (TPSA) is 35.5 Å². The molecule has 0 bridgehead atoms. The SMILES string of the molecule is COC(C(=O)OC1CC(C)CCC1C(C)C)(c1ccccc1)c1ccccc1. The second-order valence-electron chi connectivity index (χ2n) is 8.39. The Hall–Kier alpha value is -2.13. The van der Waals surface area contributed by atoms with Crippen molar-refractivity contribution in [1.82, 2.24) is 0 Å². The van der Waals surface area contributed by atoms with Crippen LogP contribution in [0.25, 0.3) is 0 Å². The molecule has 3 heteroatoms. The third kappa shape index (κ3) is 4.00. The van der Waals surface area contributed by atoms with Crippen molar-refractivity contribution in [2.75, 3.05) is 7.11 Å². The van der Waals surface area contributed by atoms with Crippen LogP contribution in [0.5, 0.6) is 0 Å². The van der Waals surface area contributed by atoms with Crippen LogP contribution in [0.4, 0.5) is 0 Å². The quantitative estimate of drug-likeness (QED) is 0.614. The standard InChI is InChI=1S/C25H32O3/c1-18(2)22-16-15-19(3)17-23(22)28-24(26)25(27-4,20-11-7-5-8-12-20)21-13-9-6-10-14-21/h5-14,18-19,22-23H,15-17H2,1-4H3. The van der Waals surface area contributed by atoms with E-state index in [0.29, 0.717) is 17.8 Å². The average Bonchev–Trinajstić information content (AvgIpc) is 2.70. The van der Waals surface area contributed by atoms with Gasteiger partial charge in [0.2, 0.25) is 5.60 Å². The zero-order valence-corrected chi connectivity index (χ0v) is 17.4. The molecule has 3 atom stereocenters. The molecule has 0 aliphatic heterocycles. The highest BCUT2D eigenvalue weighted by atomic mass is 16.6. The van der Waals surface area contributed by atoms with Crippen molar-refractivity contribution in [1.29, 1.82) is 0 Å². The summed E-state index contributed by atoms with van der Waals surface area (Å²) >= 11 is 0. The number of ether oxygens (including phenoxy) is 2. The molecule has 3 unspecified atom stereocenters. The van der Waals surface area contributed by atoms with Gasteiger partial charge < -0.3 is 9.47 Å². The van der Waals surface area contributed by atoms with Crippen LogP contribution in [0.2, 0.25) is 0 Å². The highest BCUT2D eigenvalue weighted by Crippen LogP contribution is 2.39. The molecule has 3 nitrogen and oxygen atoms in total. The van der Waals surface area contributed by atoms with Gasteiger partial charge in [0.15, 0.2) is 0 Å². The van der Waals surface area contributed by atoms with Crippen LogP contribution in [-0.2, 0) is 19.9 Å². The summed E-state index contributed by atoms with van der Waals surface area (Å²) in [6.07, 6.45) is 3.15. The molecule has 0 spiro atoms. The fourth-order valence-electron chi connectivity index (χ4n) is 4.54. The molecule has 1 saturated carbocycles. The summed E-state index contributed by atoms with van der Waals surface area (Å²) in [6.45, 7) is 6.69. The first-order chi connectivity index (χ1) is 13.5. The maximum absolute atomic E-state index is 13.7. The number of benzene rings is 2. The van der Waals surface area contributed by atoms with Gasteiger partial charge in [-0.05, 0) is 41.7 Å². The molecule has 1 aliphatic rings. The Morgan fingerprint density at radius 2 is 1.50 bits per heavy atom. The van der Waals surface area contributed by atoms with Crippen LogP contribution in [0.3, 0.4) is 0 Å². The van der Waals surface area contributed by atoms with E-state index in [-0.39, 0.29) is 12.1 Å². The Bertz CT molecular complexity index is 714. The Labute approximate surface area is 169 Å². The number of carbonyl (C=O) groups is 1. The van der Waals surface area contributed by atoms with Gasteiger partial charge in [0.1, 0.15) is 6.10 Å². The Morgan fingerprint density at radius 3 is 1.96 bits per heavy atom. The molecule has 2 aromatic rings. The zero-order valence-electron chi connectivity index (χ0n) is 17.4. The maximum atomic E-state index is 13.7. The van der Waals surface area contributed by atoms with Gasteiger partial charge in [-0.1, -0.05) is 87.9 Å². The smallest absolute Gasteiger partial charge is 0.348 e. The Morgan fingerprint density at radius 1 is 0.964 bits per heavy atom. The predicted molar refractivity (Wildman–Crippen MR) is 112 cm³/mol. The van der Waals surface area contributed by atoms with E-state index in [1.165, 1.54) is 6.42 Å². The van der Waals surface area contributed by atoms with Gasteiger partial charge in [-0.2, -0.15) is 0 Å². The highest BCUT2D eigenvalue weighted by Gasteiger charge is 2.46. The summed E-state index contributed by atoms with van der Waals surface area (Å²) < 4.78 is 12.2. The molecule has 0 heterocycles. The number of esters is 1. The zero-order chi connectivity index (χ0) is 20.1. The summed E-state index contributed by atoms with van der Waals surface area (Å²) in [5, 5.41) is 0. The summed E-state index contributed by atoms with van der Waals surface area (Å²) in [4.78, 5) is 13.7. The molecule has 2 aromatic carbocycles. The third-order valence-corrected chi connectivity index (χ3v) is 6.17. The van der Waals surface area contributed by atoms with Crippen molar-refractivity contribution in [2.24, 2.45) is 17.8 Å². The van der Waals surface area contributed by atoms with E-state index >= 15 is 0 Å². The highest BCUT2D eigenvalue weighted by molar-refractivity contribution is 5.86. The monoisotopic (exact) mass is 380 g/mol. The molecule has 0 radical (unpaired) electrons. The van der Waals surface area contributed by atoms with Crippen LogP contribution < -0.4 is 0 Å². The molecule has 0 N–H and O–H groups in total. The van der Waals surface area contributed by atoms with Crippen LogP contribution >= 0.6 is 0 Å². The van der Waals surface area contributed by atoms with Gasteiger partial charge in [-0.15, -0.1) is 0 Å². The lowest BCUT2D eigenvalue weighted by Crippen LogP contribution is -2.45. The summed E-state index contributed by atoms with van der Waals surface area (Å²) in [5.74, 6) is 1.12. The minimum absolute atomic E-state index is 0.0711. The lowest BCUT2D eigenvalue weighted by molar-refractivity contribution is -0.177. The lowest BCUT2D eigenvalue weighted by atomic mass is 9.75. The largest absolute Gasteiger partial charge is 0.459 e. The van der Waals surface area contributed by atoms with Crippen molar-refractivity contribution in [2.45, 2.75) is 51.7 Å². The molecule has 1 fully saturated rings. The lowest BCUT2D eigenvalue weighted by Gasteiger charge is -2.39. The van der Waals surface area contributed by atoms with E-state index in [9.17, 15) is 4.79 Å². The number of carbonyl (C=O) groups excluding carboxylic acids is 1. The van der Waals surface area contributed by atoms with E-state index in [2.05, 4.69) is 20.8 Å². The predicted octanol–water partition coefficient (Wildman–Crippen LogP) is 5.58. The number of hydrogen-bond acceptors (Lipinski definition) is 3.